The molecule has 0 spiro atoms. The van der Waals surface area contributed by atoms with Crippen molar-refractivity contribution in [1.29, 1.82) is 0 Å². The molecule has 2 aliphatic carbocycles. The highest BCUT2D eigenvalue weighted by Gasteiger charge is 2.43. The first-order chi connectivity index (χ1) is 8.78. The van der Waals surface area contributed by atoms with Crippen LogP contribution in [-0.4, -0.2) is 49.5 Å². The number of thioether (sulfide) groups is 1. The fraction of sp³-hybridized carbons (Fsp3) is 1.00. The molecular weight excluding hydrogens is 246 g/mol. The van der Waals surface area contributed by atoms with Crippen LogP contribution < -0.4 is 5.32 Å². The molecule has 0 aromatic rings. The number of methoxy groups -OCH3 is 1. The maximum absolute atomic E-state index is 5.67. The topological polar surface area (TPSA) is 30.5 Å². The molecule has 2 fully saturated rings. The highest BCUT2D eigenvalue weighted by atomic mass is 32.2. The van der Waals surface area contributed by atoms with Crippen LogP contribution in [-0.2, 0) is 9.47 Å². The Labute approximate surface area is 115 Å². The van der Waals surface area contributed by atoms with Crippen LogP contribution >= 0.6 is 11.8 Å². The fourth-order valence-electron chi connectivity index (χ4n) is 3.21. The van der Waals surface area contributed by atoms with Crippen molar-refractivity contribution in [2.45, 2.75) is 68.6 Å². The lowest BCUT2D eigenvalue weighted by Crippen LogP contribution is -2.62. The van der Waals surface area contributed by atoms with Gasteiger partial charge in [-0.15, -0.1) is 0 Å². The Morgan fingerprint density at radius 3 is 2.50 bits per heavy atom. The Balaban J connectivity index is 1.71. The van der Waals surface area contributed by atoms with E-state index in [1.165, 1.54) is 25.7 Å². The Morgan fingerprint density at radius 2 is 1.94 bits per heavy atom. The predicted octanol–water partition coefficient (Wildman–Crippen LogP) is 2.44. The average molecular weight is 273 g/mol. The van der Waals surface area contributed by atoms with Gasteiger partial charge in [0.25, 0.3) is 0 Å². The summed E-state index contributed by atoms with van der Waals surface area (Å²) in [6.07, 6.45) is 9.25. The minimum Gasteiger partial charge on any atom is -0.377 e. The maximum atomic E-state index is 5.67. The zero-order valence-electron chi connectivity index (χ0n) is 11.9. The summed E-state index contributed by atoms with van der Waals surface area (Å²) >= 11 is 2.03. The summed E-state index contributed by atoms with van der Waals surface area (Å²) in [5.41, 5.74) is 0. The van der Waals surface area contributed by atoms with Crippen LogP contribution in [0.25, 0.3) is 0 Å². The van der Waals surface area contributed by atoms with Crippen molar-refractivity contribution in [3.05, 3.63) is 0 Å². The molecule has 106 valence electrons. The number of nitrogens with one attached hydrogen (secondary N) is 1. The first-order valence-corrected chi connectivity index (χ1v) is 8.50. The van der Waals surface area contributed by atoms with Crippen molar-refractivity contribution in [3.8, 4) is 0 Å². The van der Waals surface area contributed by atoms with Crippen molar-refractivity contribution < 1.29 is 9.47 Å². The van der Waals surface area contributed by atoms with Crippen LogP contribution in [0.1, 0.15) is 39.0 Å². The Morgan fingerprint density at radius 1 is 1.22 bits per heavy atom. The van der Waals surface area contributed by atoms with Gasteiger partial charge in [-0.1, -0.05) is 0 Å². The summed E-state index contributed by atoms with van der Waals surface area (Å²) in [5.74, 6) is 0. The Hall–Kier alpha value is 0.230. The van der Waals surface area contributed by atoms with Gasteiger partial charge in [0.1, 0.15) is 0 Å². The quantitative estimate of drug-likeness (QED) is 0.805. The van der Waals surface area contributed by atoms with E-state index >= 15 is 0 Å². The van der Waals surface area contributed by atoms with E-state index in [1.54, 1.807) is 7.11 Å². The molecule has 18 heavy (non-hydrogen) atoms. The van der Waals surface area contributed by atoms with Crippen molar-refractivity contribution >= 4 is 11.8 Å². The van der Waals surface area contributed by atoms with Gasteiger partial charge in [0.15, 0.2) is 0 Å². The summed E-state index contributed by atoms with van der Waals surface area (Å²) < 4.78 is 11.2. The van der Waals surface area contributed by atoms with E-state index in [1.807, 2.05) is 11.8 Å². The number of ether oxygens (including phenoxy) is 2. The highest BCUT2D eigenvalue weighted by molar-refractivity contribution is 7.99. The van der Waals surface area contributed by atoms with Gasteiger partial charge in [0.05, 0.1) is 12.2 Å². The zero-order chi connectivity index (χ0) is 13.0. The monoisotopic (exact) mass is 273 g/mol. The molecule has 0 aromatic carbocycles. The molecule has 0 aliphatic heterocycles. The maximum Gasteiger partial charge on any atom is 0.0986 e. The van der Waals surface area contributed by atoms with Gasteiger partial charge >= 0.3 is 0 Å². The number of rotatable bonds is 6. The van der Waals surface area contributed by atoms with Crippen molar-refractivity contribution in [2.75, 3.05) is 20.0 Å². The van der Waals surface area contributed by atoms with Gasteiger partial charge in [0, 0.05) is 31.1 Å². The van der Waals surface area contributed by atoms with Gasteiger partial charge in [0.2, 0.25) is 0 Å². The van der Waals surface area contributed by atoms with Crippen LogP contribution in [0.5, 0.6) is 0 Å². The lowest BCUT2D eigenvalue weighted by atomic mass is 9.83. The molecule has 1 N–H and O–H groups in total. The van der Waals surface area contributed by atoms with E-state index < -0.39 is 0 Å². The van der Waals surface area contributed by atoms with Gasteiger partial charge in [-0.25, -0.2) is 0 Å². The Kier molecular flexibility index (Phi) is 5.80. The summed E-state index contributed by atoms with van der Waals surface area (Å²) in [4.78, 5) is 0. The SMILES string of the molecule is CCOC1CC(NC2CCC(SC)CC2)C1OC. The second-order valence-electron chi connectivity index (χ2n) is 5.41. The fourth-order valence-corrected chi connectivity index (χ4v) is 3.95. The first-order valence-electron chi connectivity index (χ1n) is 7.21. The molecule has 0 bridgehead atoms. The molecule has 3 unspecified atom stereocenters. The van der Waals surface area contributed by atoms with Crippen LogP contribution in [0.4, 0.5) is 0 Å². The Bertz CT molecular complexity index is 244. The second-order valence-corrected chi connectivity index (χ2v) is 6.55. The van der Waals surface area contributed by atoms with E-state index in [0.717, 1.165) is 18.3 Å². The van der Waals surface area contributed by atoms with Gasteiger partial charge < -0.3 is 14.8 Å². The molecule has 0 saturated heterocycles. The summed E-state index contributed by atoms with van der Waals surface area (Å²) in [6.45, 7) is 2.84. The molecule has 0 amide bonds. The molecule has 0 heterocycles. The molecule has 2 rings (SSSR count). The first kappa shape index (κ1) is 14.6. The standard InChI is InChI=1S/C14H27NO2S/c1-4-17-13-9-12(14(13)16-2)15-10-5-7-11(18-3)8-6-10/h10-15H,4-9H2,1-3H3. The average Bonchev–Trinajstić information content (AvgIpc) is 2.38. The number of hydrogen-bond donors (Lipinski definition) is 1. The minimum absolute atomic E-state index is 0.253. The lowest BCUT2D eigenvalue weighted by molar-refractivity contribution is -0.133. The van der Waals surface area contributed by atoms with Crippen molar-refractivity contribution in [1.82, 2.24) is 5.32 Å². The largest absolute Gasteiger partial charge is 0.377 e. The third kappa shape index (κ3) is 3.41. The molecule has 2 aliphatic rings. The van der Waals surface area contributed by atoms with Gasteiger partial charge in [-0.3, -0.25) is 0 Å². The minimum atomic E-state index is 0.253. The van der Waals surface area contributed by atoms with Crippen LogP contribution in [0, 0.1) is 0 Å². The molecule has 0 aromatic heterocycles. The van der Waals surface area contributed by atoms with E-state index in [2.05, 4.69) is 18.5 Å². The predicted molar refractivity (Wildman–Crippen MR) is 77.3 cm³/mol. The second kappa shape index (κ2) is 7.13. The smallest absolute Gasteiger partial charge is 0.0986 e. The van der Waals surface area contributed by atoms with E-state index in [-0.39, 0.29) is 6.10 Å². The summed E-state index contributed by atoms with van der Waals surface area (Å²) in [7, 11) is 1.80. The normalized spacial score (nSPS) is 40.5. The molecule has 2 saturated carbocycles. The highest BCUT2D eigenvalue weighted by Crippen LogP contribution is 2.31. The molecule has 3 nitrogen and oxygen atoms in total. The van der Waals surface area contributed by atoms with Gasteiger partial charge in [-0.2, -0.15) is 11.8 Å². The van der Waals surface area contributed by atoms with Gasteiger partial charge in [-0.05, 0) is 45.3 Å². The van der Waals surface area contributed by atoms with Crippen molar-refractivity contribution in [3.63, 3.8) is 0 Å². The van der Waals surface area contributed by atoms with Crippen LogP contribution in [0.3, 0.4) is 0 Å². The summed E-state index contributed by atoms with van der Waals surface area (Å²) in [5, 5.41) is 4.66. The zero-order valence-corrected chi connectivity index (χ0v) is 12.7. The summed E-state index contributed by atoms with van der Waals surface area (Å²) in [6, 6.07) is 1.20. The molecular formula is C14H27NO2S. The van der Waals surface area contributed by atoms with E-state index in [4.69, 9.17) is 9.47 Å². The van der Waals surface area contributed by atoms with Crippen LogP contribution in [0.2, 0.25) is 0 Å². The molecule has 3 atom stereocenters. The van der Waals surface area contributed by atoms with Crippen LogP contribution in [0.15, 0.2) is 0 Å². The molecule has 4 heteroatoms. The third-order valence-corrected chi connectivity index (χ3v) is 5.50. The lowest BCUT2D eigenvalue weighted by Gasteiger charge is -2.45. The van der Waals surface area contributed by atoms with Crippen molar-refractivity contribution in [2.24, 2.45) is 0 Å². The molecule has 0 radical (unpaired) electrons. The third-order valence-electron chi connectivity index (χ3n) is 4.36. The van der Waals surface area contributed by atoms with E-state index in [0.29, 0.717) is 18.2 Å². The number of hydrogen-bond acceptors (Lipinski definition) is 4. The van der Waals surface area contributed by atoms with E-state index in [9.17, 15) is 0 Å².